The van der Waals surface area contributed by atoms with Gasteiger partial charge in [-0.3, -0.25) is 0 Å². The van der Waals surface area contributed by atoms with Crippen LogP contribution in [0, 0.1) is 17.6 Å². The Kier molecular flexibility index (Phi) is 16.4. The van der Waals surface area contributed by atoms with Gasteiger partial charge in [-0.05, 0) is 61.4 Å². The summed E-state index contributed by atoms with van der Waals surface area (Å²) in [5.41, 5.74) is 7.39. The molecule has 2 aromatic rings. The Morgan fingerprint density at radius 3 is 2.13 bits per heavy atom. The van der Waals surface area contributed by atoms with Gasteiger partial charge in [0, 0.05) is 18.7 Å². The van der Waals surface area contributed by atoms with E-state index in [0.29, 0.717) is 43.7 Å². The Bertz CT molecular complexity index is 1270. The smallest absolute Gasteiger partial charge is 0.408 e. The molecule has 0 saturated heterocycles. The minimum absolute atomic E-state index is 0.0247. The molecule has 0 spiro atoms. The number of alkyl carbamates (subject to hydrolysis) is 1. The first-order valence-corrected chi connectivity index (χ1v) is 17.4. The fourth-order valence-electron chi connectivity index (χ4n) is 4.87. The van der Waals surface area contributed by atoms with Gasteiger partial charge in [0.15, 0.2) is 9.84 Å². The van der Waals surface area contributed by atoms with E-state index in [1.165, 1.54) is 0 Å². The van der Waals surface area contributed by atoms with E-state index in [-0.39, 0.29) is 25.1 Å². The number of carbonyl (C=O) groups is 2. The first kappa shape index (κ1) is 38.1. The summed E-state index contributed by atoms with van der Waals surface area (Å²) in [5, 5.41) is 4.90. The molecule has 1 amide bonds. The Labute approximate surface area is 266 Å². The molecule has 0 unspecified atom stereocenters. The van der Waals surface area contributed by atoms with E-state index in [2.05, 4.69) is 24.5 Å². The summed E-state index contributed by atoms with van der Waals surface area (Å²) in [6.45, 7) is 8.47. The summed E-state index contributed by atoms with van der Waals surface area (Å²) in [5.74, 6) is -2.81. The first-order chi connectivity index (χ1) is 21.3. The molecule has 45 heavy (non-hydrogen) atoms. The first-order valence-electron chi connectivity index (χ1n) is 15.6. The van der Waals surface area contributed by atoms with Gasteiger partial charge in [0.2, 0.25) is 0 Å². The SMILES string of the molecule is CCCC(CCC)S(=O)(=O)C[C@@H](NC(=O)OCc1ccccc1)C(=O)O[C@H](CNCCC(C)C)[C@@H](N)Cc1cc(F)cc(F)c1. The Balaban J connectivity index is 2.29. The fourth-order valence-corrected chi connectivity index (χ4v) is 7.02. The molecule has 0 bridgehead atoms. The zero-order valence-electron chi connectivity index (χ0n) is 26.8. The number of amides is 1. The highest BCUT2D eigenvalue weighted by Crippen LogP contribution is 2.18. The van der Waals surface area contributed by atoms with E-state index in [0.717, 1.165) is 24.6 Å². The molecule has 2 rings (SSSR count). The van der Waals surface area contributed by atoms with Crippen molar-refractivity contribution in [2.24, 2.45) is 11.7 Å². The van der Waals surface area contributed by atoms with Crippen LogP contribution in [0.25, 0.3) is 0 Å². The van der Waals surface area contributed by atoms with Crippen molar-refractivity contribution in [1.82, 2.24) is 10.6 Å². The summed E-state index contributed by atoms with van der Waals surface area (Å²) in [6.07, 6.45) is 0.896. The number of halogens is 2. The maximum Gasteiger partial charge on any atom is 0.408 e. The average Bonchev–Trinajstić information content (AvgIpc) is 2.96. The number of rotatable bonds is 20. The normalized spacial score (nSPS) is 13.8. The lowest BCUT2D eigenvalue weighted by atomic mass is 10.0. The zero-order chi connectivity index (χ0) is 33.4. The van der Waals surface area contributed by atoms with Crippen LogP contribution in [0.2, 0.25) is 0 Å². The van der Waals surface area contributed by atoms with Gasteiger partial charge in [-0.25, -0.2) is 26.8 Å². The van der Waals surface area contributed by atoms with E-state index in [1.807, 2.05) is 19.9 Å². The van der Waals surface area contributed by atoms with Crippen LogP contribution in [0.5, 0.6) is 0 Å². The molecule has 252 valence electrons. The monoisotopic (exact) mass is 653 g/mol. The number of ether oxygens (including phenoxy) is 2. The van der Waals surface area contributed by atoms with Crippen LogP contribution in [0.1, 0.15) is 70.9 Å². The largest absolute Gasteiger partial charge is 0.458 e. The third-order valence-electron chi connectivity index (χ3n) is 7.30. The third kappa shape index (κ3) is 14.3. The van der Waals surface area contributed by atoms with E-state index in [4.69, 9.17) is 15.2 Å². The number of esters is 1. The predicted molar refractivity (Wildman–Crippen MR) is 171 cm³/mol. The Morgan fingerprint density at radius 1 is 0.933 bits per heavy atom. The lowest BCUT2D eigenvalue weighted by Crippen LogP contribution is -2.52. The Hall–Kier alpha value is -3.09. The molecule has 0 radical (unpaired) electrons. The van der Waals surface area contributed by atoms with Crippen molar-refractivity contribution in [1.29, 1.82) is 0 Å². The Morgan fingerprint density at radius 2 is 1.56 bits per heavy atom. The van der Waals surface area contributed by atoms with Crippen LogP contribution in [-0.2, 0) is 37.1 Å². The number of nitrogens with two attached hydrogens (primary N) is 1. The molecule has 3 atom stereocenters. The second kappa shape index (κ2) is 19.4. The maximum absolute atomic E-state index is 13.9. The summed E-state index contributed by atoms with van der Waals surface area (Å²) in [6, 6.07) is 9.45. The van der Waals surface area contributed by atoms with Crippen molar-refractivity contribution in [3.8, 4) is 0 Å². The molecule has 12 heteroatoms. The topological polar surface area (TPSA) is 137 Å². The number of carbonyl (C=O) groups excluding carboxylic acids is 2. The highest BCUT2D eigenvalue weighted by Gasteiger charge is 2.35. The molecule has 4 N–H and O–H groups in total. The van der Waals surface area contributed by atoms with Gasteiger partial charge in [0.1, 0.15) is 30.4 Å². The van der Waals surface area contributed by atoms with Gasteiger partial charge < -0.3 is 25.8 Å². The number of nitrogens with one attached hydrogen (secondary N) is 2. The molecule has 0 aliphatic rings. The van der Waals surface area contributed by atoms with E-state index < -0.39 is 62.7 Å². The van der Waals surface area contributed by atoms with Gasteiger partial charge in [-0.15, -0.1) is 0 Å². The van der Waals surface area contributed by atoms with Crippen molar-refractivity contribution in [3.05, 3.63) is 71.3 Å². The van der Waals surface area contributed by atoms with Crippen LogP contribution in [0.4, 0.5) is 13.6 Å². The van der Waals surface area contributed by atoms with E-state index in [1.54, 1.807) is 24.3 Å². The third-order valence-corrected chi connectivity index (χ3v) is 9.59. The molecule has 0 aliphatic carbocycles. The second-order valence-corrected chi connectivity index (χ2v) is 14.1. The van der Waals surface area contributed by atoms with Crippen molar-refractivity contribution in [3.63, 3.8) is 0 Å². The number of hydrogen-bond acceptors (Lipinski definition) is 8. The average molecular weight is 654 g/mol. The van der Waals surface area contributed by atoms with E-state index >= 15 is 0 Å². The van der Waals surface area contributed by atoms with Crippen molar-refractivity contribution in [2.45, 2.75) is 96.3 Å². The molecular weight excluding hydrogens is 604 g/mol. The highest BCUT2D eigenvalue weighted by atomic mass is 32.2. The predicted octanol–water partition coefficient (Wildman–Crippen LogP) is 5.06. The van der Waals surface area contributed by atoms with Crippen LogP contribution in [0.3, 0.4) is 0 Å². The lowest BCUT2D eigenvalue weighted by Gasteiger charge is -2.28. The molecule has 0 heterocycles. The van der Waals surface area contributed by atoms with Crippen LogP contribution < -0.4 is 16.4 Å². The molecule has 2 aromatic carbocycles. The van der Waals surface area contributed by atoms with Gasteiger partial charge >= 0.3 is 12.1 Å². The summed E-state index contributed by atoms with van der Waals surface area (Å²) in [4.78, 5) is 26.4. The zero-order valence-corrected chi connectivity index (χ0v) is 27.6. The van der Waals surface area contributed by atoms with Crippen molar-refractivity contribution in [2.75, 3.05) is 18.8 Å². The van der Waals surface area contributed by atoms with Crippen LogP contribution in [-0.4, -0.2) is 62.8 Å². The minimum atomic E-state index is -3.85. The fraction of sp³-hybridized carbons (Fsp3) is 0.576. The van der Waals surface area contributed by atoms with Crippen LogP contribution in [0.15, 0.2) is 48.5 Å². The number of benzene rings is 2. The second-order valence-electron chi connectivity index (χ2n) is 11.8. The van der Waals surface area contributed by atoms with Gasteiger partial charge in [0.05, 0.1) is 11.0 Å². The number of sulfone groups is 1. The van der Waals surface area contributed by atoms with Crippen LogP contribution >= 0.6 is 0 Å². The van der Waals surface area contributed by atoms with Gasteiger partial charge in [-0.2, -0.15) is 0 Å². The van der Waals surface area contributed by atoms with Gasteiger partial charge in [0.25, 0.3) is 0 Å². The quantitative estimate of drug-likeness (QED) is 0.133. The molecular formula is C33H49F2N3O6S. The van der Waals surface area contributed by atoms with E-state index in [9.17, 15) is 26.8 Å². The molecule has 9 nitrogen and oxygen atoms in total. The maximum atomic E-state index is 13.9. The molecule has 0 fully saturated rings. The molecule has 0 saturated carbocycles. The summed E-state index contributed by atoms with van der Waals surface area (Å²) < 4.78 is 65.7. The minimum Gasteiger partial charge on any atom is -0.458 e. The van der Waals surface area contributed by atoms with Crippen molar-refractivity contribution < 1.29 is 36.3 Å². The van der Waals surface area contributed by atoms with Gasteiger partial charge in [-0.1, -0.05) is 70.9 Å². The number of hydrogen-bond donors (Lipinski definition) is 3. The summed E-state index contributed by atoms with van der Waals surface area (Å²) in [7, 11) is -3.85. The standard InChI is InChI=1S/C33H49F2N3O6S/c1-5-10-28(11-6-2)45(41,42)22-30(38-33(40)43-21-24-12-8-7-9-13-24)32(39)44-31(20-37-15-14-23(3)4)29(36)18-25-16-26(34)19-27(35)17-25/h7-9,12-13,16-17,19,23,28-31,37H,5-6,10-11,14-15,18,20-22,36H2,1-4H3,(H,38,40)/t29-,30+,31+/m0/s1. The molecule has 0 aliphatic heterocycles. The lowest BCUT2D eigenvalue weighted by molar-refractivity contribution is -0.151. The highest BCUT2D eigenvalue weighted by molar-refractivity contribution is 7.92. The summed E-state index contributed by atoms with van der Waals surface area (Å²) >= 11 is 0. The van der Waals surface area contributed by atoms with Crippen molar-refractivity contribution >= 4 is 21.9 Å². The molecule has 0 aromatic heterocycles.